The monoisotopic (exact) mass is 375 g/mol. The first-order valence-electron chi connectivity index (χ1n) is 9.68. The zero-order valence-corrected chi connectivity index (χ0v) is 17.2. The number of hydrogen-bond donors (Lipinski definition) is 2. The van der Waals surface area contributed by atoms with Crippen molar-refractivity contribution in [2.75, 3.05) is 26.2 Å². The molecule has 150 valence electrons. The van der Waals surface area contributed by atoms with E-state index >= 15 is 0 Å². The molecule has 1 aliphatic rings. The fraction of sp³-hybridized carbons (Fsp3) is 0.619. The van der Waals surface area contributed by atoms with Gasteiger partial charge in [0.2, 0.25) is 0 Å². The van der Waals surface area contributed by atoms with Gasteiger partial charge in [-0.3, -0.25) is 19.3 Å². The molecule has 0 aliphatic carbocycles. The first-order valence-corrected chi connectivity index (χ1v) is 9.68. The molecule has 1 fully saturated rings. The van der Waals surface area contributed by atoms with Crippen molar-refractivity contribution in [1.82, 2.24) is 15.7 Å². The summed E-state index contributed by atoms with van der Waals surface area (Å²) in [5.41, 5.74) is 5.04. The van der Waals surface area contributed by atoms with Crippen LogP contribution in [0.5, 0.6) is 0 Å². The summed E-state index contributed by atoms with van der Waals surface area (Å²) in [6.45, 7) is 12.4. The van der Waals surface area contributed by atoms with Crippen LogP contribution in [0.4, 0.5) is 0 Å². The number of nitrogens with zero attached hydrogens (tertiary/aromatic N) is 1. The van der Waals surface area contributed by atoms with E-state index in [4.69, 9.17) is 4.84 Å². The highest BCUT2D eigenvalue weighted by Gasteiger charge is 2.22. The average molecular weight is 376 g/mol. The summed E-state index contributed by atoms with van der Waals surface area (Å²) in [6, 6.07) is 5.90. The van der Waals surface area contributed by atoms with Gasteiger partial charge in [0.05, 0.1) is 12.1 Å². The number of carbonyl (C=O) groups excluding carboxylic acids is 2. The van der Waals surface area contributed by atoms with Gasteiger partial charge in [-0.2, -0.15) is 0 Å². The van der Waals surface area contributed by atoms with Crippen LogP contribution in [0.25, 0.3) is 0 Å². The lowest BCUT2D eigenvalue weighted by Gasteiger charge is -2.31. The van der Waals surface area contributed by atoms with Crippen LogP contribution in [0, 0.1) is 19.8 Å². The molecule has 2 rings (SSSR count). The number of rotatable bonds is 6. The molecule has 0 saturated carbocycles. The summed E-state index contributed by atoms with van der Waals surface area (Å²) in [7, 11) is 0. The highest BCUT2D eigenvalue weighted by Crippen LogP contribution is 2.17. The highest BCUT2D eigenvalue weighted by molar-refractivity contribution is 5.94. The molecule has 1 saturated heterocycles. The van der Waals surface area contributed by atoms with Gasteiger partial charge >= 0.3 is 0 Å². The summed E-state index contributed by atoms with van der Waals surface area (Å²) in [5, 5.41) is 3.06. The predicted molar refractivity (Wildman–Crippen MR) is 106 cm³/mol. The molecular weight excluding hydrogens is 342 g/mol. The second-order valence-electron chi connectivity index (χ2n) is 8.55. The van der Waals surface area contributed by atoms with Crippen molar-refractivity contribution in [3.8, 4) is 0 Å². The standard InChI is InChI=1S/C21H33N3O3/c1-15-10-16(2)12-18(11-15)20(26)22-13-17-6-8-24(9-7-17)14-19(25)23-27-21(3,4)5/h10-12,17H,6-9,13-14H2,1-5H3,(H,22,26)(H,23,25). The molecule has 27 heavy (non-hydrogen) atoms. The maximum atomic E-state index is 12.4. The quantitative estimate of drug-likeness (QED) is 0.750. The molecule has 0 atom stereocenters. The Balaban J connectivity index is 1.70. The fourth-order valence-corrected chi connectivity index (χ4v) is 3.24. The first-order chi connectivity index (χ1) is 12.6. The number of carbonyl (C=O) groups is 2. The second-order valence-corrected chi connectivity index (χ2v) is 8.55. The predicted octanol–water partition coefficient (Wildman–Crippen LogP) is 2.59. The summed E-state index contributed by atoms with van der Waals surface area (Å²) in [5.74, 6) is 0.319. The molecule has 0 radical (unpaired) electrons. The Bertz CT molecular complexity index is 639. The van der Waals surface area contributed by atoms with Crippen LogP contribution in [0.15, 0.2) is 18.2 Å². The lowest BCUT2D eigenvalue weighted by atomic mass is 9.96. The molecule has 6 heteroatoms. The Morgan fingerprint density at radius 3 is 2.26 bits per heavy atom. The van der Waals surface area contributed by atoms with Gasteiger partial charge in [-0.25, -0.2) is 5.48 Å². The molecule has 0 unspecified atom stereocenters. The first kappa shape index (κ1) is 21.4. The third kappa shape index (κ3) is 7.69. The number of piperidine rings is 1. The van der Waals surface area contributed by atoms with Gasteiger partial charge in [0.25, 0.3) is 11.8 Å². The average Bonchev–Trinajstić information content (AvgIpc) is 2.57. The third-order valence-corrected chi connectivity index (χ3v) is 4.58. The van der Waals surface area contributed by atoms with Gasteiger partial charge in [0, 0.05) is 12.1 Å². The summed E-state index contributed by atoms with van der Waals surface area (Å²) in [6.07, 6.45) is 1.95. The van der Waals surface area contributed by atoms with Crippen LogP contribution in [0.3, 0.4) is 0 Å². The van der Waals surface area contributed by atoms with Crippen LogP contribution >= 0.6 is 0 Å². The van der Waals surface area contributed by atoms with Crippen LogP contribution in [0.1, 0.15) is 55.1 Å². The molecule has 6 nitrogen and oxygen atoms in total. The molecule has 0 aromatic heterocycles. The van der Waals surface area contributed by atoms with Crippen molar-refractivity contribution >= 4 is 11.8 Å². The molecular formula is C21H33N3O3. The van der Waals surface area contributed by atoms with Crippen molar-refractivity contribution in [3.63, 3.8) is 0 Å². The largest absolute Gasteiger partial charge is 0.352 e. The van der Waals surface area contributed by atoms with E-state index in [2.05, 4.69) is 21.8 Å². The van der Waals surface area contributed by atoms with E-state index in [1.165, 1.54) is 0 Å². The normalized spacial score (nSPS) is 16.2. The fourth-order valence-electron chi connectivity index (χ4n) is 3.24. The number of amides is 2. The smallest absolute Gasteiger partial charge is 0.257 e. The van der Waals surface area contributed by atoms with Gasteiger partial charge in [0.1, 0.15) is 0 Å². The van der Waals surface area contributed by atoms with Crippen LogP contribution < -0.4 is 10.8 Å². The minimum atomic E-state index is -0.392. The van der Waals surface area contributed by atoms with Crippen LogP contribution in [-0.2, 0) is 9.63 Å². The van der Waals surface area contributed by atoms with Crippen molar-refractivity contribution < 1.29 is 14.4 Å². The second kappa shape index (κ2) is 9.33. The molecule has 2 amide bonds. The topological polar surface area (TPSA) is 70.7 Å². The lowest BCUT2D eigenvalue weighted by molar-refractivity contribution is -0.147. The number of likely N-dealkylation sites (tertiary alicyclic amines) is 1. The van der Waals surface area contributed by atoms with Gasteiger partial charge < -0.3 is 5.32 Å². The van der Waals surface area contributed by atoms with Crippen LogP contribution in [0.2, 0.25) is 0 Å². The maximum Gasteiger partial charge on any atom is 0.257 e. The maximum absolute atomic E-state index is 12.4. The van der Waals surface area contributed by atoms with E-state index in [1.807, 2.05) is 46.8 Å². The summed E-state index contributed by atoms with van der Waals surface area (Å²) >= 11 is 0. The van der Waals surface area contributed by atoms with E-state index in [1.54, 1.807) is 0 Å². The molecule has 0 bridgehead atoms. The van der Waals surface area contributed by atoms with E-state index in [0.29, 0.717) is 19.0 Å². The SMILES string of the molecule is Cc1cc(C)cc(C(=O)NCC2CCN(CC(=O)NOC(C)(C)C)CC2)c1. The Morgan fingerprint density at radius 1 is 1.11 bits per heavy atom. The Labute approximate surface area is 162 Å². The summed E-state index contributed by atoms with van der Waals surface area (Å²) < 4.78 is 0. The van der Waals surface area contributed by atoms with E-state index in [-0.39, 0.29) is 11.8 Å². The molecule has 0 spiro atoms. The van der Waals surface area contributed by atoms with Crippen molar-refractivity contribution in [2.24, 2.45) is 5.92 Å². The Morgan fingerprint density at radius 2 is 1.70 bits per heavy atom. The van der Waals surface area contributed by atoms with Crippen molar-refractivity contribution in [1.29, 1.82) is 0 Å². The highest BCUT2D eigenvalue weighted by atomic mass is 16.7. The van der Waals surface area contributed by atoms with E-state index in [9.17, 15) is 9.59 Å². The zero-order chi connectivity index (χ0) is 20.0. The molecule has 1 aliphatic heterocycles. The van der Waals surface area contributed by atoms with Gasteiger partial charge in [0.15, 0.2) is 0 Å². The number of aryl methyl sites for hydroxylation is 2. The molecule has 1 heterocycles. The number of hydroxylamine groups is 1. The number of hydrogen-bond acceptors (Lipinski definition) is 4. The molecule has 1 aromatic carbocycles. The minimum Gasteiger partial charge on any atom is -0.352 e. The van der Waals surface area contributed by atoms with Gasteiger partial charge in [-0.15, -0.1) is 0 Å². The van der Waals surface area contributed by atoms with E-state index in [0.717, 1.165) is 42.6 Å². The molecule has 1 aromatic rings. The number of nitrogens with one attached hydrogen (secondary N) is 2. The minimum absolute atomic E-state index is 0.0112. The summed E-state index contributed by atoms with van der Waals surface area (Å²) in [4.78, 5) is 31.7. The van der Waals surface area contributed by atoms with E-state index < -0.39 is 5.60 Å². The van der Waals surface area contributed by atoms with Gasteiger partial charge in [-0.1, -0.05) is 17.2 Å². The Hall–Kier alpha value is -1.92. The van der Waals surface area contributed by atoms with Crippen LogP contribution in [-0.4, -0.2) is 48.5 Å². The third-order valence-electron chi connectivity index (χ3n) is 4.58. The number of benzene rings is 1. The zero-order valence-electron chi connectivity index (χ0n) is 17.2. The Kier molecular flexibility index (Phi) is 7.39. The van der Waals surface area contributed by atoms with Crippen molar-refractivity contribution in [3.05, 3.63) is 34.9 Å². The molecule has 2 N–H and O–H groups in total. The van der Waals surface area contributed by atoms with Crippen molar-refractivity contribution in [2.45, 2.75) is 53.1 Å². The lowest BCUT2D eigenvalue weighted by Crippen LogP contribution is -2.44. The van der Waals surface area contributed by atoms with Gasteiger partial charge in [-0.05, 0) is 78.6 Å².